The third-order valence-corrected chi connectivity index (χ3v) is 2.67. The lowest BCUT2D eigenvalue weighted by molar-refractivity contribution is -0.130. The third-order valence-electron chi connectivity index (χ3n) is 2.44. The maximum atomic E-state index is 11.0. The van der Waals surface area contributed by atoms with Gasteiger partial charge >= 0.3 is 0 Å². The number of hydrogen-bond donors (Lipinski definition) is 1. The number of halogens is 1. The maximum absolute atomic E-state index is 11.0. The molecular weight excluding hydrogens is 240 g/mol. The van der Waals surface area contributed by atoms with Crippen LogP contribution in [-0.2, 0) is 11.3 Å². The number of rotatable bonds is 3. The van der Waals surface area contributed by atoms with E-state index in [2.05, 4.69) is 10.5 Å². The van der Waals surface area contributed by atoms with Crippen LogP contribution in [0.4, 0.5) is 0 Å². The molecule has 90 valence electrons. The van der Waals surface area contributed by atoms with Gasteiger partial charge in [0.2, 0.25) is 5.91 Å². The molecule has 0 aliphatic carbocycles. The van der Waals surface area contributed by atoms with E-state index < -0.39 is 0 Å². The normalized spacial score (nSPS) is 10.8. The first-order valence-electron chi connectivity index (χ1n) is 5.18. The van der Waals surface area contributed by atoms with Crippen molar-refractivity contribution >= 4 is 23.0 Å². The molecule has 0 saturated heterocycles. The van der Waals surface area contributed by atoms with Crippen LogP contribution in [0.15, 0.2) is 24.4 Å². The number of nitrogens with zero attached hydrogens (tertiary/aromatic N) is 3. The summed E-state index contributed by atoms with van der Waals surface area (Å²) in [5, 5.41) is 6.40. The first-order valence-corrected chi connectivity index (χ1v) is 5.55. The van der Waals surface area contributed by atoms with Gasteiger partial charge in [-0.05, 0) is 18.2 Å². The van der Waals surface area contributed by atoms with E-state index in [1.807, 2.05) is 18.2 Å². The van der Waals surface area contributed by atoms with Crippen LogP contribution in [-0.4, -0.2) is 27.6 Å². The predicted molar refractivity (Wildman–Crippen MR) is 65.5 cm³/mol. The Hall–Kier alpha value is -1.59. The van der Waals surface area contributed by atoms with E-state index in [-0.39, 0.29) is 5.91 Å². The van der Waals surface area contributed by atoms with Gasteiger partial charge in [0.1, 0.15) is 0 Å². The van der Waals surface area contributed by atoms with Crippen LogP contribution in [0.3, 0.4) is 0 Å². The molecule has 0 fully saturated rings. The van der Waals surface area contributed by atoms with Crippen LogP contribution in [0.1, 0.15) is 12.6 Å². The predicted octanol–water partition coefficient (Wildman–Crippen LogP) is 1.47. The van der Waals surface area contributed by atoms with Gasteiger partial charge in [-0.15, -0.1) is 0 Å². The molecule has 6 heteroatoms. The molecule has 0 aliphatic heterocycles. The summed E-state index contributed by atoms with van der Waals surface area (Å²) in [5.41, 5.74) is 4.77. The summed E-state index contributed by atoms with van der Waals surface area (Å²) >= 11 is 5.87. The molecule has 2 aromatic heterocycles. The van der Waals surface area contributed by atoms with Gasteiger partial charge in [-0.2, -0.15) is 5.10 Å². The third kappa shape index (κ3) is 2.75. The first-order chi connectivity index (χ1) is 8.06. The Kier molecular flexibility index (Phi) is 3.31. The lowest BCUT2D eigenvalue weighted by Crippen LogP contribution is -2.37. The quantitative estimate of drug-likeness (QED) is 0.842. The minimum Gasteiger partial charge on any atom is -0.281 e. The zero-order chi connectivity index (χ0) is 12.4. The lowest BCUT2D eigenvalue weighted by atomic mass is 10.3. The average Bonchev–Trinajstić information content (AvgIpc) is 2.67. The summed E-state index contributed by atoms with van der Waals surface area (Å²) < 4.78 is 1.72. The SMILES string of the molecule is CC(=O)N(C)NCc1cc2ccc(Cl)cn2n1. The maximum Gasteiger partial charge on any atom is 0.233 e. The Morgan fingerprint density at radius 3 is 3.06 bits per heavy atom. The highest BCUT2D eigenvalue weighted by molar-refractivity contribution is 6.30. The van der Waals surface area contributed by atoms with Crippen molar-refractivity contribution < 1.29 is 4.79 Å². The second-order valence-electron chi connectivity index (χ2n) is 3.77. The molecule has 0 bridgehead atoms. The molecule has 0 radical (unpaired) electrons. The topological polar surface area (TPSA) is 49.6 Å². The van der Waals surface area contributed by atoms with Gasteiger partial charge in [-0.3, -0.25) is 9.80 Å². The van der Waals surface area contributed by atoms with Crippen LogP contribution in [0.5, 0.6) is 0 Å². The molecule has 0 aromatic carbocycles. The second-order valence-corrected chi connectivity index (χ2v) is 4.20. The fourth-order valence-corrected chi connectivity index (χ4v) is 1.57. The number of carbonyl (C=O) groups excluding carboxylic acids is 1. The molecule has 17 heavy (non-hydrogen) atoms. The Morgan fingerprint density at radius 2 is 2.35 bits per heavy atom. The smallest absolute Gasteiger partial charge is 0.233 e. The fourth-order valence-electron chi connectivity index (χ4n) is 1.41. The van der Waals surface area contributed by atoms with E-state index in [0.29, 0.717) is 11.6 Å². The van der Waals surface area contributed by atoms with Gasteiger partial charge in [-0.1, -0.05) is 11.6 Å². The summed E-state index contributed by atoms with van der Waals surface area (Å²) in [6.07, 6.45) is 1.75. The monoisotopic (exact) mass is 252 g/mol. The number of hydrazine groups is 1. The fraction of sp³-hybridized carbons (Fsp3) is 0.273. The van der Waals surface area contributed by atoms with Gasteiger partial charge < -0.3 is 0 Å². The second kappa shape index (κ2) is 4.73. The van der Waals surface area contributed by atoms with Crippen LogP contribution >= 0.6 is 11.6 Å². The van der Waals surface area contributed by atoms with Crippen LogP contribution < -0.4 is 5.43 Å². The Bertz CT molecular complexity index is 551. The van der Waals surface area contributed by atoms with E-state index in [9.17, 15) is 4.79 Å². The zero-order valence-electron chi connectivity index (χ0n) is 9.64. The van der Waals surface area contributed by atoms with Gasteiger partial charge in [0.05, 0.1) is 22.8 Å². The number of pyridine rings is 1. The minimum atomic E-state index is -0.0446. The van der Waals surface area contributed by atoms with Crippen molar-refractivity contribution in [1.29, 1.82) is 0 Å². The minimum absolute atomic E-state index is 0.0446. The van der Waals surface area contributed by atoms with Crippen molar-refractivity contribution in [3.63, 3.8) is 0 Å². The molecule has 1 amide bonds. The molecule has 2 rings (SSSR count). The van der Waals surface area contributed by atoms with E-state index in [1.165, 1.54) is 11.9 Å². The van der Waals surface area contributed by atoms with Gasteiger partial charge in [-0.25, -0.2) is 9.94 Å². The number of carbonyl (C=O) groups is 1. The van der Waals surface area contributed by atoms with Gasteiger partial charge in [0.15, 0.2) is 0 Å². The average molecular weight is 253 g/mol. The van der Waals surface area contributed by atoms with Crippen molar-refractivity contribution in [2.45, 2.75) is 13.5 Å². The highest BCUT2D eigenvalue weighted by Gasteiger charge is 2.05. The largest absolute Gasteiger partial charge is 0.281 e. The number of amides is 1. The number of aromatic nitrogens is 2. The van der Waals surface area contributed by atoms with Crippen molar-refractivity contribution in [3.8, 4) is 0 Å². The molecule has 0 spiro atoms. The Labute approximate surface area is 104 Å². The summed E-state index contributed by atoms with van der Waals surface area (Å²) in [6, 6.07) is 5.66. The highest BCUT2D eigenvalue weighted by Crippen LogP contribution is 2.12. The standard InChI is InChI=1S/C11H13ClN4O/c1-8(17)15(2)13-6-10-5-11-4-3-9(12)7-16(11)14-10/h3-5,7,13H,6H2,1-2H3. The van der Waals surface area contributed by atoms with Crippen molar-refractivity contribution in [1.82, 2.24) is 20.0 Å². The van der Waals surface area contributed by atoms with E-state index in [1.54, 1.807) is 17.8 Å². The van der Waals surface area contributed by atoms with Crippen molar-refractivity contribution in [2.24, 2.45) is 0 Å². The Morgan fingerprint density at radius 1 is 1.59 bits per heavy atom. The van der Waals surface area contributed by atoms with Crippen LogP contribution in [0, 0.1) is 0 Å². The molecule has 0 aliphatic rings. The van der Waals surface area contributed by atoms with Gasteiger partial charge in [0, 0.05) is 20.2 Å². The van der Waals surface area contributed by atoms with Crippen molar-refractivity contribution in [2.75, 3.05) is 7.05 Å². The Balaban J connectivity index is 2.12. The number of hydrogen-bond acceptors (Lipinski definition) is 3. The summed E-state index contributed by atoms with van der Waals surface area (Å²) in [5.74, 6) is -0.0446. The molecule has 5 nitrogen and oxygen atoms in total. The van der Waals surface area contributed by atoms with E-state index in [0.717, 1.165) is 11.2 Å². The molecule has 0 unspecified atom stereocenters. The lowest BCUT2D eigenvalue weighted by Gasteiger charge is -2.14. The molecular formula is C11H13ClN4O. The number of fused-ring (bicyclic) bond motifs is 1. The summed E-state index contributed by atoms with van der Waals surface area (Å²) in [6.45, 7) is 1.99. The van der Waals surface area contributed by atoms with Gasteiger partial charge in [0.25, 0.3) is 0 Å². The highest BCUT2D eigenvalue weighted by atomic mass is 35.5. The van der Waals surface area contributed by atoms with Crippen LogP contribution in [0.25, 0.3) is 5.52 Å². The zero-order valence-corrected chi connectivity index (χ0v) is 10.4. The van der Waals surface area contributed by atoms with Crippen molar-refractivity contribution in [3.05, 3.63) is 35.1 Å². The molecule has 0 saturated carbocycles. The summed E-state index contributed by atoms with van der Waals surface area (Å²) in [7, 11) is 1.68. The molecule has 0 atom stereocenters. The number of nitrogens with one attached hydrogen (secondary N) is 1. The first kappa shape index (κ1) is 11.9. The molecule has 2 heterocycles. The molecule has 2 aromatic rings. The van der Waals surface area contributed by atoms with Crippen LogP contribution in [0.2, 0.25) is 5.02 Å². The molecule has 1 N–H and O–H groups in total. The van der Waals surface area contributed by atoms with E-state index >= 15 is 0 Å². The summed E-state index contributed by atoms with van der Waals surface area (Å²) in [4.78, 5) is 11.0. The van der Waals surface area contributed by atoms with E-state index in [4.69, 9.17) is 11.6 Å².